The molecule has 2 rings (SSSR count). The van der Waals surface area contributed by atoms with Gasteiger partial charge in [0.2, 0.25) is 0 Å². The SMILES string of the molecule is CC(C)Oc1c(Cl)cc(C(F)(F)F)cc1CCc1cc(C(F)(F)F)cc(Cl)c1F. The van der Waals surface area contributed by atoms with Crippen LogP contribution in [0.4, 0.5) is 30.7 Å². The van der Waals surface area contributed by atoms with Crippen molar-refractivity contribution in [3.63, 3.8) is 0 Å². The van der Waals surface area contributed by atoms with Gasteiger partial charge in [0.15, 0.2) is 0 Å². The number of ether oxygens (including phenoxy) is 1. The summed E-state index contributed by atoms with van der Waals surface area (Å²) in [6, 6.07) is 2.52. The Labute approximate surface area is 172 Å². The van der Waals surface area contributed by atoms with Gasteiger partial charge in [0.05, 0.1) is 27.3 Å². The van der Waals surface area contributed by atoms with Crippen LogP contribution in [-0.4, -0.2) is 6.10 Å². The van der Waals surface area contributed by atoms with Crippen LogP contribution in [-0.2, 0) is 25.2 Å². The van der Waals surface area contributed by atoms with E-state index in [4.69, 9.17) is 27.9 Å². The van der Waals surface area contributed by atoms with Crippen LogP contribution in [0.2, 0.25) is 10.0 Å². The molecule has 0 saturated heterocycles. The maximum absolute atomic E-state index is 14.2. The first-order chi connectivity index (χ1) is 13.2. The van der Waals surface area contributed by atoms with E-state index in [0.29, 0.717) is 18.2 Å². The largest absolute Gasteiger partial charge is 0.489 e. The smallest absolute Gasteiger partial charge is 0.416 e. The van der Waals surface area contributed by atoms with Gasteiger partial charge in [0, 0.05) is 0 Å². The second kappa shape index (κ2) is 8.60. The highest BCUT2D eigenvalue weighted by Crippen LogP contribution is 2.39. The van der Waals surface area contributed by atoms with E-state index in [0.717, 1.165) is 6.07 Å². The summed E-state index contributed by atoms with van der Waals surface area (Å²) >= 11 is 11.5. The molecule has 0 unspecified atom stereocenters. The van der Waals surface area contributed by atoms with Crippen molar-refractivity contribution < 1.29 is 35.5 Å². The fourth-order valence-corrected chi connectivity index (χ4v) is 3.15. The van der Waals surface area contributed by atoms with Crippen molar-refractivity contribution in [2.45, 2.75) is 45.1 Å². The lowest BCUT2D eigenvalue weighted by atomic mass is 9.99. The Bertz CT molecular complexity index is 890. The molecule has 0 radical (unpaired) electrons. The minimum Gasteiger partial charge on any atom is -0.489 e. The molecule has 0 atom stereocenters. The Morgan fingerprint density at radius 3 is 1.72 bits per heavy atom. The van der Waals surface area contributed by atoms with Crippen molar-refractivity contribution in [1.82, 2.24) is 0 Å². The summed E-state index contributed by atoms with van der Waals surface area (Å²) in [6.45, 7) is 3.26. The van der Waals surface area contributed by atoms with Gasteiger partial charge in [-0.1, -0.05) is 23.2 Å². The first-order valence-corrected chi connectivity index (χ1v) is 9.07. The first-order valence-electron chi connectivity index (χ1n) is 8.31. The third-order valence-electron chi connectivity index (χ3n) is 3.90. The second-order valence-corrected chi connectivity index (χ2v) is 7.35. The zero-order valence-corrected chi connectivity index (χ0v) is 16.6. The van der Waals surface area contributed by atoms with Crippen LogP contribution in [0.15, 0.2) is 24.3 Å². The number of hydrogen-bond acceptors (Lipinski definition) is 1. The van der Waals surface area contributed by atoms with Crippen LogP contribution >= 0.6 is 23.2 Å². The van der Waals surface area contributed by atoms with E-state index in [9.17, 15) is 30.7 Å². The fourth-order valence-electron chi connectivity index (χ4n) is 2.63. The highest BCUT2D eigenvalue weighted by atomic mass is 35.5. The van der Waals surface area contributed by atoms with Crippen molar-refractivity contribution in [2.24, 2.45) is 0 Å². The molecule has 2 aromatic rings. The summed E-state index contributed by atoms with van der Waals surface area (Å²) in [7, 11) is 0. The summed E-state index contributed by atoms with van der Waals surface area (Å²) in [5, 5.41) is -1.03. The lowest BCUT2D eigenvalue weighted by Gasteiger charge is -2.19. The van der Waals surface area contributed by atoms with Crippen LogP contribution in [0.25, 0.3) is 0 Å². The van der Waals surface area contributed by atoms with Gasteiger partial charge in [-0.05, 0) is 62.1 Å². The van der Waals surface area contributed by atoms with Gasteiger partial charge in [-0.15, -0.1) is 0 Å². The molecule has 0 bridgehead atoms. The van der Waals surface area contributed by atoms with Crippen LogP contribution in [0.3, 0.4) is 0 Å². The van der Waals surface area contributed by atoms with Gasteiger partial charge in [-0.2, -0.15) is 26.3 Å². The topological polar surface area (TPSA) is 9.23 Å². The third kappa shape index (κ3) is 5.92. The molecule has 0 aliphatic rings. The number of aryl methyl sites for hydroxylation is 2. The predicted octanol–water partition coefficient (Wildman–Crippen LogP) is 7.74. The Morgan fingerprint density at radius 2 is 1.24 bits per heavy atom. The number of rotatable bonds is 5. The van der Waals surface area contributed by atoms with Gasteiger partial charge in [0.1, 0.15) is 11.6 Å². The number of alkyl halides is 6. The predicted molar refractivity (Wildman–Crippen MR) is 96.0 cm³/mol. The molecule has 29 heavy (non-hydrogen) atoms. The molecule has 0 amide bonds. The molecule has 0 N–H and O–H groups in total. The maximum Gasteiger partial charge on any atom is 0.416 e. The molecule has 10 heteroatoms. The normalized spacial score (nSPS) is 12.6. The summed E-state index contributed by atoms with van der Waals surface area (Å²) in [5.74, 6) is -1.10. The highest BCUT2D eigenvalue weighted by molar-refractivity contribution is 6.32. The van der Waals surface area contributed by atoms with Crippen LogP contribution in [0.1, 0.15) is 36.1 Å². The van der Waals surface area contributed by atoms with Gasteiger partial charge in [0.25, 0.3) is 0 Å². The molecule has 2 aromatic carbocycles. The Hall–Kier alpha value is -1.67. The molecule has 0 spiro atoms. The molecule has 0 heterocycles. The average Bonchev–Trinajstić information content (AvgIpc) is 2.56. The number of halogens is 9. The quantitative estimate of drug-likeness (QED) is 0.412. The Balaban J connectivity index is 2.46. The minimum atomic E-state index is -4.75. The zero-order valence-electron chi connectivity index (χ0n) is 15.1. The molecule has 1 nitrogen and oxygen atoms in total. The molecular formula is C19H15Cl2F7O. The van der Waals surface area contributed by atoms with E-state index in [2.05, 4.69) is 0 Å². The zero-order chi connectivity index (χ0) is 22.1. The number of hydrogen-bond donors (Lipinski definition) is 0. The lowest BCUT2D eigenvalue weighted by molar-refractivity contribution is -0.138. The van der Waals surface area contributed by atoms with Gasteiger partial charge in [-0.25, -0.2) is 4.39 Å². The molecule has 160 valence electrons. The first kappa shape index (κ1) is 23.6. The summed E-state index contributed by atoms with van der Waals surface area (Å²) in [6.07, 6.45) is -10.5. The van der Waals surface area contributed by atoms with E-state index in [1.807, 2.05) is 0 Å². The maximum atomic E-state index is 14.2. The monoisotopic (exact) mass is 462 g/mol. The third-order valence-corrected chi connectivity index (χ3v) is 4.45. The second-order valence-electron chi connectivity index (χ2n) is 6.54. The van der Waals surface area contributed by atoms with E-state index in [1.165, 1.54) is 0 Å². The summed E-state index contributed by atoms with van der Waals surface area (Å²) in [5.41, 5.74) is -2.59. The van der Waals surface area contributed by atoms with Crippen LogP contribution < -0.4 is 4.74 Å². The van der Waals surface area contributed by atoms with Crippen molar-refractivity contribution >= 4 is 23.2 Å². The van der Waals surface area contributed by atoms with Crippen LogP contribution in [0.5, 0.6) is 5.75 Å². The Morgan fingerprint density at radius 1 is 0.793 bits per heavy atom. The van der Waals surface area contributed by atoms with Crippen molar-refractivity contribution in [1.29, 1.82) is 0 Å². The lowest BCUT2D eigenvalue weighted by Crippen LogP contribution is -2.12. The van der Waals surface area contributed by atoms with E-state index < -0.39 is 40.4 Å². The molecule has 0 aliphatic heterocycles. The summed E-state index contributed by atoms with van der Waals surface area (Å²) < 4.78 is 97.8. The fraction of sp³-hybridized carbons (Fsp3) is 0.368. The van der Waals surface area contributed by atoms with Gasteiger partial charge >= 0.3 is 12.4 Å². The standard InChI is InChI=1S/C19H15Cl2F7O/c1-9(2)29-17-11(6-13(8-15(17)21)19(26,27)28)4-3-10-5-12(18(23,24)25)7-14(20)16(10)22/h5-9H,3-4H2,1-2H3. The van der Waals surface area contributed by atoms with E-state index in [1.54, 1.807) is 13.8 Å². The van der Waals surface area contributed by atoms with Crippen molar-refractivity contribution in [3.05, 3.63) is 62.4 Å². The van der Waals surface area contributed by atoms with E-state index >= 15 is 0 Å². The van der Waals surface area contributed by atoms with Crippen molar-refractivity contribution in [3.8, 4) is 5.75 Å². The van der Waals surface area contributed by atoms with Gasteiger partial charge < -0.3 is 4.74 Å². The minimum absolute atomic E-state index is 0.00791. The number of benzene rings is 2. The molecule has 0 fully saturated rings. The highest BCUT2D eigenvalue weighted by Gasteiger charge is 2.33. The summed E-state index contributed by atoms with van der Waals surface area (Å²) in [4.78, 5) is 0. The molecule has 0 aliphatic carbocycles. The molecular weight excluding hydrogens is 448 g/mol. The van der Waals surface area contributed by atoms with Crippen molar-refractivity contribution in [2.75, 3.05) is 0 Å². The van der Waals surface area contributed by atoms with Crippen LogP contribution in [0, 0.1) is 5.82 Å². The van der Waals surface area contributed by atoms with E-state index in [-0.39, 0.29) is 34.7 Å². The molecule has 0 aromatic heterocycles. The molecule has 0 saturated carbocycles. The average molecular weight is 463 g/mol. The Kier molecular flexibility index (Phi) is 7.00. The van der Waals surface area contributed by atoms with Gasteiger partial charge in [-0.3, -0.25) is 0 Å².